The number of benzene rings is 3. The average Bonchev–Trinajstić information content (AvgIpc) is 3.24. The Morgan fingerprint density at radius 3 is 2.50 bits per heavy atom. The number of carboxylic acid groups (broad SMARTS) is 1. The molecule has 4 aromatic rings. The molecule has 9 nitrogen and oxygen atoms in total. The largest absolute Gasteiger partial charge is 0.511 e. The minimum absolute atomic E-state index is 0.0616. The molecular weight excluding hydrogens is 486 g/mol. The molecule has 2 N–H and O–H groups in total. The van der Waals surface area contributed by atoms with E-state index in [4.69, 9.17) is 19.3 Å². The molecular formula is C29H31N3O6. The minimum atomic E-state index is -1.39. The lowest BCUT2D eigenvalue weighted by molar-refractivity contribution is 0.144. The highest BCUT2D eigenvalue weighted by molar-refractivity contribution is 5.78. The van der Waals surface area contributed by atoms with E-state index in [0.29, 0.717) is 18.7 Å². The van der Waals surface area contributed by atoms with Gasteiger partial charge in [-0.3, -0.25) is 9.47 Å². The molecule has 1 fully saturated rings. The van der Waals surface area contributed by atoms with Gasteiger partial charge < -0.3 is 24.3 Å². The summed E-state index contributed by atoms with van der Waals surface area (Å²) in [5.41, 5.74) is 3.37. The molecule has 0 saturated carbocycles. The summed E-state index contributed by atoms with van der Waals surface area (Å²) in [6.07, 6.45) is 0.273. The molecule has 38 heavy (non-hydrogen) atoms. The molecule has 1 saturated heterocycles. The molecule has 1 aliphatic heterocycles. The average molecular weight is 518 g/mol. The van der Waals surface area contributed by atoms with Crippen LogP contribution < -0.4 is 19.9 Å². The number of piperidine rings is 1. The Labute approximate surface area is 220 Å². The normalized spacial score (nSPS) is 14.4. The molecule has 1 aromatic heterocycles. The van der Waals surface area contributed by atoms with Crippen LogP contribution in [-0.4, -0.2) is 45.4 Å². The lowest BCUT2D eigenvalue weighted by atomic mass is 10.0. The predicted octanol–water partition coefficient (Wildman–Crippen LogP) is 5.20. The second kappa shape index (κ2) is 11.4. The molecule has 0 radical (unpaired) electrons. The number of nitrogens with one attached hydrogen (secondary N) is 1. The fraction of sp³-hybridized carbons (Fsp3) is 0.310. The van der Waals surface area contributed by atoms with E-state index < -0.39 is 6.16 Å². The Morgan fingerprint density at radius 2 is 1.76 bits per heavy atom. The zero-order valence-electron chi connectivity index (χ0n) is 21.3. The number of nitrogens with zero attached hydrogens (tertiary/aromatic N) is 2. The van der Waals surface area contributed by atoms with Crippen LogP contribution in [-0.2, 0) is 13.2 Å². The van der Waals surface area contributed by atoms with Gasteiger partial charge in [-0.1, -0.05) is 36.4 Å². The summed E-state index contributed by atoms with van der Waals surface area (Å²) < 4.78 is 18.4. The summed E-state index contributed by atoms with van der Waals surface area (Å²) in [5.74, 6) is 1.65. The summed E-state index contributed by atoms with van der Waals surface area (Å²) in [6.45, 7) is 5.48. The number of rotatable bonds is 9. The maximum atomic E-state index is 12.7. The van der Waals surface area contributed by atoms with Gasteiger partial charge in [0, 0.05) is 31.7 Å². The highest BCUT2D eigenvalue weighted by Crippen LogP contribution is 2.31. The molecule has 5 rings (SSSR count). The van der Waals surface area contributed by atoms with Crippen molar-refractivity contribution in [2.75, 3.05) is 19.7 Å². The fourth-order valence-electron chi connectivity index (χ4n) is 5.00. The zero-order chi connectivity index (χ0) is 26.5. The highest BCUT2D eigenvalue weighted by Gasteiger charge is 2.24. The van der Waals surface area contributed by atoms with Crippen LogP contribution in [0.4, 0.5) is 4.79 Å². The number of fused-ring (bicyclic) bond motifs is 1. The van der Waals surface area contributed by atoms with Crippen LogP contribution in [0, 0.1) is 0 Å². The molecule has 9 heteroatoms. The van der Waals surface area contributed by atoms with E-state index in [1.807, 2.05) is 43.3 Å². The van der Waals surface area contributed by atoms with Crippen molar-refractivity contribution in [1.29, 1.82) is 0 Å². The van der Waals surface area contributed by atoms with Crippen LogP contribution in [0.25, 0.3) is 11.0 Å². The van der Waals surface area contributed by atoms with Gasteiger partial charge in [-0.25, -0.2) is 9.59 Å². The first-order chi connectivity index (χ1) is 18.5. The number of H-pyrrole nitrogens is 1. The molecule has 0 unspecified atom stereocenters. The number of ether oxygens (including phenoxy) is 3. The summed E-state index contributed by atoms with van der Waals surface area (Å²) in [5, 5.41) is 8.84. The third kappa shape index (κ3) is 5.84. The fourth-order valence-corrected chi connectivity index (χ4v) is 5.00. The second-order valence-electron chi connectivity index (χ2n) is 9.34. The third-order valence-electron chi connectivity index (χ3n) is 6.77. The number of hydrogen-bond donors (Lipinski definition) is 2. The van der Waals surface area contributed by atoms with Gasteiger partial charge >= 0.3 is 11.8 Å². The molecule has 0 bridgehead atoms. The molecule has 1 aliphatic rings. The van der Waals surface area contributed by atoms with E-state index in [-0.39, 0.29) is 17.5 Å². The first-order valence-corrected chi connectivity index (χ1v) is 12.8. The number of aromatic amines is 1. The van der Waals surface area contributed by atoms with Crippen LogP contribution in [0.2, 0.25) is 0 Å². The van der Waals surface area contributed by atoms with Crippen LogP contribution >= 0.6 is 0 Å². The number of carbonyl (C=O) groups is 1. The van der Waals surface area contributed by atoms with Crippen LogP contribution in [0.1, 0.15) is 36.9 Å². The molecule has 3 aromatic carbocycles. The first kappa shape index (κ1) is 25.4. The molecule has 0 atom stereocenters. The van der Waals surface area contributed by atoms with E-state index in [2.05, 4.69) is 22.0 Å². The number of imidazole rings is 1. The predicted molar refractivity (Wildman–Crippen MR) is 143 cm³/mol. The van der Waals surface area contributed by atoms with Crippen LogP contribution in [0.3, 0.4) is 0 Å². The van der Waals surface area contributed by atoms with E-state index >= 15 is 0 Å². The molecule has 2 heterocycles. The Balaban J connectivity index is 1.22. The Kier molecular flexibility index (Phi) is 7.65. The summed E-state index contributed by atoms with van der Waals surface area (Å²) in [4.78, 5) is 28.8. The van der Waals surface area contributed by atoms with Gasteiger partial charge in [0.2, 0.25) is 0 Å². The number of aromatic nitrogens is 2. The zero-order valence-corrected chi connectivity index (χ0v) is 21.3. The monoisotopic (exact) mass is 517 g/mol. The van der Waals surface area contributed by atoms with Crippen LogP contribution in [0.15, 0.2) is 71.5 Å². The maximum absolute atomic E-state index is 12.7. The Bertz CT molecular complexity index is 1450. The minimum Gasteiger partial charge on any atom is -0.490 e. The molecule has 198 valence electrons. The summed E-state index contributed by atoms with van der Waals surface area (Å²) >= 11 is 0. The summed E-state index contributed by atoms with van der Waals surface area (Å²) in [7, 11) is 0. The van der Waals surface area contributed by atoms with Gasteiger partial charge in [0.15, 0.2) is 11.5 Å². The topological polar surface area (TPSA) is 106 Å². The van der Waals surface area contributed by atoms with E-state index in [1.54, 1.807) is 22.8 Å². The van der Waals surface area contributed by atoms with Crippen molar-refractivity contribution >= 4 is 17.2 Å². The highest BCUT2D eigenvalue weighted by atomic mass is 16.7. The van der Waals surface area contributed by atoms with Crippen molar-refractivity contribution in [2.45, 2.75) is 39.0 Å². The quantitative estimate of drug-likeness (QED) is 0.232. The SMILES string of the molecule is CCOc1cc(CN2CCC(n3c(=O)[nH]c4cc(OC(=O)O)ccc43)CC2)ccc1OCc1ccccc1. The second-order valence-corrected chi connectivity index (χ2v) is 9.34. The van der Waals surface area contributed by atoms with Crippen molar-refractivity contribution in [1.82, 2.24) is 14.5 Å². The van der Waals surface area contributed by atoms with Gasteiger partial charge in [-0.2, -0.15) is 0 Å². The van der Waals surface area contributed by atoms with Gasteiger partial charge in [0.25, 0.3) is 0 Å². The Morgan fingerprint density at radius 1 is 0.974 bits per heavy atom. The van der Waals surface area contributed by atoms with Gasteiger partial charge in [0.05, 0.1) is 17.6 Å². The van der Waals surface area contributed by atoms with E-state index in [9.17, 15) is 9.59 Å². The smallest absolute Gasteiger partial charge is 0.490 e. The third-order valence-corrected chi connectivity index (χ3v) is 6.77. The van der Waals surface area contributed by atoms with Crippen molar-refractivity contribution in [3.63, 3.8) is 0 Å². The lowest BCUT2D eigenvalue weighted by Gasteiger charge is -2.32. The van der Waals surface area contributed by atoms with E-state index in [0.717, 1.165) is 60.6 Å². The van der Waals surface area contributed by atoms with Crippen molar-refractivity contribution in [2.24, 2.45) is 0 Å². The van der Waals surface area contributed by atoms with E-state index in [1.165, 1.54) is 0 Å². The Hall–Kier alpha value is -4.24. The standard InChI is InChI=1S/C29H31N3O6/c1-2-36-27-16-21(8-11-26(27)37-19-20-6-4-3-5-7-20)18-31-14-12-22(13-15-31)32-25-10-9-23(38-29(34)35)17-24(25)30-28(32)33/h3-11,16-17,22H,2,12-15,18-19H2,1H3,(H,30,33)(H,34,35). The first-order valence-electron chi connectivity index (χ1n) is 12.8. The van der Waals surface area contributed by atoms with Gasteiger partial charge in [-0.15, -0.1) is 0 Å². The maximum Gasteiger partial charge on any atom is 0.511 e. The lowest BCUT2D eigenvalue weighted by Crippen LogP contribution is -2.36. The van der Waals surface area contributed by atoms with Crippen molar-refractivity contribution in [3.8, 4) is 17.2 Å². The summed E-state index contributed by atoms with van der Waals surface area (Å²) in [6, 6.07) is 21.1. The molecule has 0 spiro atoms. The van der Waals surface area contributed by atoms with Crippen molar-refractivity contribution < 1.29 is 24.1 Å². The number of hydrogen-bond acceptors (Lipinski definition) is 6. The van der Waals surface area contributed by atoms with Gasteiger partial charge in [-0.05, 0) is 55.2 Å². The van der Waals surface area contributed by atoms with Crippen molar-refractivity contribution in [3.05, 3.63) is 88.3 Å². The van der Waals surface area contributed by atoms with Crippen LogP contribution in [0.5, 0.6) is 17.2 Å². The molecule has 0 amide bonds. The molecule has 0 aliphatic carbocycles. The van der Waals surface area contributed by atoms with Gasteiger partial charge in [0.1, 0.15) is 12.4 Å². The number of likely N-dealkylation sites (tertiary alicyclic amines) is 1.